The number of carbonyl (C=O) groups is 2. The second-order valence-electron chi connectivity index (χ2n) is 8.01. The van der Waals surface area contributed by atoms with Gasteiger partial charge in [-0.2, -0.15) is 4.31 Å². The van der Waals surface area contributed by atoms with Gasteiger partial charge in [0.25, 0.3) is 5.91 Å². The van der Waals surface area contributed by atoms with Gasteiger partial charge in [-0.1, -0.05) is 13.8 Å². The topological polar surface area (TPSA) is 90.6 Å². The third-order valence-corrected chi connectivity index (χ3v) is 7.28. The molecule has 0 saturated carbocycles. The Balaban J connectivity index is 1.79. The summed E-state index contributed by atoms with van der Waals surface area (Å²) in [4.78, 5) is 30.3. The van der Waals surface area contributed by atoms with Crippen molar-refractivity contribution < 1.29 is 18.0 Å². The van der Waals surface area contributed by atoms with Crippen LogP contribution >= 0.6 is 0 Å². The van der Waals surface area contributed by atoms with Crippen LogP contribution in [0.2, 0.25) is 0 Å². The monoisotopic (exact) mass is 381 g/mol. The van der Waals surface area contributed by atoms with Crippen molar-refractivity contribution >= 4 is 21.7 Å². The average molecular weight is 381 g/mol. The summed E-state index contributed by atoms with van der Waals surface area (Å²) in [7, 11) is -3.22. The predicted molar refractivity (Wildman–Crippen MR) is 98.9 cm³/mol. The highest BCUT2D eigenvalue weighted by molar-refractivity contribution is 7.89. The van der Waals surface area contributed by atoms with Gasteiger partial charge >= 0.3 is 0 Å². The molecule has 0 bridgehead atoms. The Morgan fingerprint density at radius 1 is 1.15 bits per heavy atom. The number of carbonyl (C=O) groups excluding carboxylic acids is 2. The largest absolute Gasteiger partial charge is 0.354 e. The number of piperazine rings is 1. The Morgan fingerprint density at radius 3 is 2.35 bits per heavy atom. The minimum absolute atomic E-state index is 0.0707. The summed E-state index contributed by atoms with van der Waals surface area (Å²) >= 11 is 0. The van der Waals surface area contributed by atoms with Crippen molar-refractivity contribution in [3.63, 3.8) is 0 Å². The molecule has 8 heteroatoms. The summed E-state index contributed by atoms with van der Waals surface area (Å²) in [5.74, 6) is 0.000328. The van der Waals surface area contributed by atoms with E-state index in [0.717, 1.165) is 12.1 Å². The Kier molecular flexibility index (Phi) is 4.77. The van der Waals surface area contributed by atoms with Gasteiger partial charge in [0.15, 0.2) is 5.78 Å². The van der Waals surface area contributed by atoms with Crippen LogP contribution in [0.1, 0.15) is 59.3 Å². The number of nitrogens with zero attached hydrogens (tertiary/aromatic N) is 2. The maximum absolute atomic E-state index is 12.9. The van der Waals surface area contributed by atoms with Crippen molar-refractivity contribution in [2.75, 3.05) is 31.9 Å². The molecule has 1 aromatic rings. The molecule has 1 N–H and O–H groups in total. The molecule has 1 aromatic heterocycles. The van der Waals surface area contributed by atoms with E-state index in [0.29, 0.717) is 49.4 Å². The second kappa shape index (κ2) is 6.49. The fourth-order valence-electron chi connectivity index (χ4n) is 3.96. The molecule has 0 aromatic carbocycles. The van der Waals surface area contributed by atoms with Gasteiger partial charge in [-0.3, -0.25) is 9.59 Å². The zero-order valence-electron chi connectivity index (χ0n) is 15.9. The molecule has 7 nitrogen and oxygen atoms in total. The van der Waals surface area contributed by atoms with E-state index in [1.165, 1.54) is 4.31 Å². The smallest absolute Gasteiger partial charge is 0.270 e. The standard InChI is InChI=1S/C18H27N3O4S/c1-5-26(24,25)21-8-6-20(7-9-21)17(23)16-12(2)15-13(19-16)10-18(3,4)11-14(15)22/h19H,5-11H2,1-4H3. The lowest BCUT2D eigenvalue weighted by atomic mass is 9.75. The van der Waals surface area contributed by atoms with Gasteiger partial charge in [0.1, 0.15) is 5.69 Å². The highest BCUT2D eigenvalue weighted by Gasteiger charge is 2.36. The Morgan fingerprint density at radius 2 is 1.77 bits per heavy atom. The summed E-state index contributed by atoms with van der Waals surface area (Å²) in [5, 5.41) is 0. The molecule has 1 saturated heterocycles. The van der Waals surface area contributed by atoms with Crippen LogP contribution in [0.4, 0.5) is 0 Å². The summed E-state index contributed by atoms with van der Waals surface area (Å²) in [5.41, 5.74) is 2.59. The molecule has 0 atom stereocenters. The minimum atomic E-state index is -3.22. The summed E-state index contributed by atoms with van der Waals surface area (Å²) in [6.45, 7) is 8.90. The van der Waals surface area contributed by atoms with Gasteiger partial charge in [0.05, 0.1) is 5.75 Å². The molecule has 1 fully saturated rings. The molecule has 26 heavy (non-hydrogen) atoms. The van der Waals surface area contributed by atoms with Crippen LogP contribution in [-0.2, 0) is 16.4 Å². The predicted octanol–water partition coefficient (Wildman–Crippen LogP) is 1.59. The van der Waals surface area contributed by atoms with Crippen molar-refractivity contribution in [1.82, 2.24) is 14.2 Å². The normalized spacial score (nSPS) is 20.9. The molecule has 0 spiro atoms. The van der Waals surface area contributed by atoms with E-state index in [9.17, 15) is 18.0 Å². The molecule has 2 aliphatic rings. The zero-order chi connectivity index (χ0) is 19.3. The molecule has 0 radical (unpaired) electrons. The molecule has 1 amide bonds. The van der Waals surface area contributed by atoms with Gasteiger partial charge < -0.3 is 9.88 Å². The average Bonchev–Trinajstić information content (AvgIpc) is 2.89. The number of Topliss-reactive ketones (excluding diaryl/α,β-unsaturated/α-hetero) is 1. The number of hydrogen-bond donors (Lipinski definition) is 1. The maximum Gasteiger partial charge on any atom is 0.270 e. The lowest BCUT2D eigenvalue weighted by molar-refractivity contribution is 0.0691. The second-order valence-corrected chi connectivity index (χ2v) is 10.3. The van der Waals surface area contributed by atoms with Crippen LogP contribution < -0.4 is 0 Å². The van der Waals surface area contributed by atoms with Crippen molar-refractivity contribution in [3.05, 3.63) is 22.5 Å². The molecule has 144 valence electrons. The molecular weight excluding hydrogens is 354 g/mol. The number of nitrogens with one attached hydrogen (secondary N) is 1. The van der Waals surface area contributed by atoms with Crippen LogP contribution in [0.25, 0.3) is 0 Å². The van der Waals surface area contributed by atoms with Crippen LogP contribution in [0.15, 0.2) is 0 Å². The zero-order valence-corrected chi connectivity index (χ0v) is 16.7. The molecule has 1 aliphatic carbocycles. The van der Waals surface area contributed by atoms with Crippen LogP contribution in [0.5, 0.6) is 0 Å². The SMILES string of the molecule is CCS(=O)(=O)N1CCN(C(=O)c2[nH]c3c(c2C)C(=O)CC(C)(C)C3)CC1. The fourth-order valence-corrected chi connectivity index (χ4v) is 5.04. The number of hydrogen-bond acceptors (Lipinski definition) is 4. The van der Waals surface area contributed by atoms with E-state index in [2.05, 4.69) is 18.8 Å². The first-order chi connectivity index (χ1) is 12.1. The van der Waals surface area contributed by atoms with Crippen LogP contribution in [-0.4, -0.2) is 66.2 Å². The first-order valence-corrected chi connectivity index (χ1v) is 10.7. The highest BCUT2D eigenvalue weighted by atomic mass is 32.2. The Labute approximate surface area is 154 Å². The van der Waals surface area contributed by atoms with Crippen molar-refractivity contribution in [2.24, 2.45) is 5.41 Å². The molecule has 3 rings (SSSR count). The minimum Gasteiger partial charge on any atom is -0.354 e. The van der Waals surface area contributed by atoms with E-state index in [1.54, 1.807) is 11.8 Å². The quantitative estimate of drug-likeness (QED) is 0.861. The lowest BCUT2D eigenvalue weighted by Crippen LogP contribution is -2.51. The van der Waals surface area contributed by atoms with Gasteiger partial charge in [0.2, 0.25) is 10.0 Å². The molecule has 0 unspecified atom stereocenters. The Bertz CT molecular complexity index is 846. The highest BCUT2D eigenvalue weighted by Crippen LogP contribution is 2.37. The molecule has 1 aliphatic heterocycles. The number of rotatable bonds is 3. The number of aromatic amines is 1. The number of ketones is 1. The van der Waals surface area contributed by atoms with E-state index in [-0.39, 0.29) is 22.9 Å². The van der Waals surface area contributed by atoms with Gasteiger partial charge in [0, 0.05) is 43.9 Å². The van der Waals surface area contributed by atoms with Crippen molar-refractivity contribution in [1.29, 1.82) is 0 Å². The summed E-state index contributed by atoms with van der Waals surface area (Å²) in [6, 6.07) is 0. The number of fused-ring (bicyclic) bond motifs is 1. The van der Waals surface area contributed by atoms with E-state index < -0.39 is 10.0 Å². The number of sulfonamides is 1. The molecular formula is C18H27N3O4S. The van der Waals surface area contributed by atoms with Crippen molar-refractivity contribution in [3.8, 4) is 0 Å². The van der Waals surface area contributed by atoms with Gasteiger partial charge in [-0.15, -0.1) is 0 Å². The first kappa shape index (κ1) is 19.1. The van der Waals surface area contributed by atoms with Gasteiger partial charge in [-0.05, 0) is 31.2 Å². The van der Waals surface area contributed by atoms with E-state index in [1.807, 2.05) is 6.92 Å². The van der Waals surface area contributed by atoms with Crippen LogP contribution in [0.3, 0.4) is 0 Å². The summed E-state index contributed by atoms with van der Waals surface area (Å²) in [6.07, 6.45) is 1.23. The van der Waals surface area contributed by atoms with Crippen LogP contribution in [0, 0.1) is 12.3 Å². The number of aromatic nitrogens is 1. The fraction of sp³-hybridized carbons (Fsp3) is 0.667. The lowest BCUT2D eigenvalue weighted by Gasteiger charge is -2.33. The van der Waals surface area contributed by atoms with E-state index >= 15 is 0 Å². The first-order valence-electron chi connectivity index (χ1n) is 9.07. The van der Waals surface area contributed by atoms with Gasteiger partial charge in [-0.25, -0.2) is 8.42 Å². The van der Waals surface area contributed by atoms with E-state index in [4.69, 9.17) is 0 Å². The maximum atomic E-state index is 12.9. The third-order valence-electron chi connectivity index (χ3n) is 5.40. The molecule has 2 heterocycles. The Hall–Kier alpha value is -1.67. The number of H-pyrrole nitrogens is 1. The third kappa shape index (κ3) is 3.32. The summed E-state index contributed by atoms with van der Waals surface area (Å²) < 4.78 is 25.4. The number of amides is 1. The van der Waals surface area contributed by atoms with Crippen molar-refractivity contribution in [2.45, 2.75) is 40.5 Å².